The summed E-state index contributed by atoms with van der Waals surface area (Å²) in [5, 5.41) is 0. The molecule has 18 heavy (non-hydrogen) atoms. The number of hydrogen-bond donors (Lipinski definition) is 1. The van der Waals surface area contributed by atoms with E-state index in [1.54, 1.807) is 19.1 Å². The van der Waals surface area contributed by atoms with Crippen molar-refractivity contribution in [1.82, 2.24) is 0 Å². The number of ether oxygens (including phenoxy) is 1. The van der Waals surface area contributed by atoms with E-state index in [1.165, 1.54) is 0 Å². The molecule has 0 amide bonds. The van der Waals surface area contributed by atoms with Gasteiger partial charge < -0.3 is 10.5 Å². The first-order chi connectivity index (χ1) is 8.24. The van der Waals surface area contributed by atoms with Gasteiger partial charge in [0.2, 0.25) is 6.10 Å². The van der Waals surface area contributed by atoms with Crippen LogP contribution in [-0.2, 0) is 0 Å². The average molecular weight is 261 g/mol. The number of rotatable bonds is 4. The molecule has 1 aromatic carbocycles. The molecule has 1 rings (SSSR count). The molecule has 2 nitrogen and oxygen atoms in total. The molecular weight excluding hydrogens is 243 g/mol. The molecule has 2 N–H and O–H groups in total. The van der Waals surface area contributed by atoms with Crippen LogP contribution in [0.1, 0.15) is 24.5 Å². The molecular formula is C13H18F3NO. The Labute approximate surface area is 105 Å². The first-order valence-electron chi connectivity index (χ1n) is 5.81. The highest BCUT2D eigenvalue weighted by molar-refractivity contribution is 5.33. The van der Waals surface area contributed by atoms with Gasteiger partial charge in [-0.15, -0.1) is 0 Å². The number of halogens is 3. The van der Waals surface area contributed by atoms with Crippen molar-refractivity contribution in [1.29, 1.82) is 0 Å². The molecule has 0 aliphatic carbocycles. The van der Waals surface area contributed by atoms with Crippen molar-refractivity contribution in [3.63, 3.8) is 0 Å². The molecule has 2 unspecified atom stereocenters. The molecule has 2 atom stereocenters. The summed E-state index contributed by atoms with van der Waals surface area (Å²) in [5.74, 6) is 0.207. The van der Waals surface area contributed by atoms with Crippen LogP contribution in [0, 0.1) is 13.8 Å². The lowest BCUT2D eigenvalue weighted by Gasteiger charge is -2.26. The van der Waals surface area contributed by atoms with Crippen LogP contribution in [0.4, 0.5) is 13.2 Å². The lowest BCUT2D eigenvalue weighted by Crippen LogP contribution is -2.48. The third-order valence-electron chi connectivity index (χ3n) is 2.64. The van der Waals surface area contributed by atoms with Gasteiger partial charge in [0, 0.05) is 0 Å². The second-order valence-corrected chi connectivity index (χ2v) is 4.48. The zero-order valence-corrected chi connectivity index (χ0v) is 10.7. The van der Waals surface area contributed by atoms with E-state index in [0.717, 1.165) is 11.1 Å². The predicted molar refractivity (Wildman–Crippen MR) is 64.7 cm³/mol. The van der Waals surface area contributed by atoms with Crippen LogP contribution in [0.25, 0.3) is 0 Å². The van der Waals surface area contributed by atoms with E-state index in [2.05, 4.69) is 0 Å². The van der Waals surface area contributed by atoms with E-state index in [4.69, 9.17) is 10.5 Å². The summed E-state index contributed by atoms with van der Waals surface area (Å²) in [7, 11) is 0. The topological polar surface area (TPSA) is 35.2 Å². The fourth-order valence-corrected chi connectivity index (χ4v) is 1.76. The van der Waals surface area contributed by atoms with E-state index < -0.39 is 18.3 Å². The van der Waals surface area contributed by atoms with Gasteiger partial charge in [0.15, 0.2) is 0 Å². The van der Waals surface area contributed by atoms with Crippen LogP contribution < -0.4 is 10.5 Å². The number of hydrogen-bond acceptors (Lipinski definition) is 2. The minimum absolute atomic E-state index is 0.203. The van der Waals surface area contributed by atoms with Crippen molar-refractivity contribution in [2.24, 2.45) is 5.73 Å². The van der Waals surface area contributed by atoms with Gasteiger partial charge in [0.05, 0.1) is 6.04 Å². The highest BCUT2D eigenvalue weighted by atomic mass is 19.4. The Kier molecular flexibility index (Phi) is 4.62. The number of nitrogens with two attached hydrogens (primary N) is 1. The van der Waals surface area contributed by atoms with Gasteiger partial charge in [0.1, 0.15) is 5.75 Å². The summed E-state index contributed by atoms with van der Waals surface area (Å²) in [6.07, 6.45) is -6.23. The van der Waals surface area contributed by atoms with E-state index in [9.17, 15) is 13.2 Å². The highest BCUT2D eigenvalue weighted by Gasteiger charge is 2.45. The van der Waals surface area contributed by atoms with Crippen LogP contribution in [-0.4, -0.2) is 18.3 Å². The minimum atomic E-state index is -4.47. The lowest BCUT2D eigenvalue weighted by atomic mass is 10.1. The van der Waals surface area contributed by atoms with Gasteiger partial charge in [-0.1, -0.05) is 13.0 Å². The van der Waals surface area contributed by atoms with E-state index >= 15 is 0 Å². The van der Waals surface area contributed by atoms with Crippen LogP contribution in [0.5, 0.6) is 5.75 Å². The Morgan fingerprint density at radius 3 is 2.06 bits per heavy atom. The Hall–Kier alpha value is -1.23. The van der Waals surface area contributed by atoms with Gasteiger partial charge in [-0.2, -0.15) is 13.2 Å². The number of alkyl halides is 3. The second-order valence-electron chi connectivity index (χ2n) is 4.48. The van der Waals surface area contributed by atoms with E-state index in [-0.39, 0.29) is 12.2 Å². The third kappa shape index (κ3) is 3.91. The molecule has 0 spiro atoms. The summed E-state index contributed by atoms with van der Waals surface area (Å²) >= 11 is 0. The van der Waals surface area contributed by atoms with Crippen molar-refractivity contribution in [3.05, 3.63) is 29.3 Å². The Bertz CT molecular complexity index is 383. The molecule has 0 fully saturated rings. The predicted octanol–water partition coefficient (Wildman–Crippen LogP) is 3.35. The fraction of sp³-hybridized carbons (Fsp3) is 0.538. The van der Waals surface area contributed by atoms with Gasteiger partial charge in [0.25, 0.3) is 0 Å². The van der Waals surface area contributed by atoms with E-state index in [0.29, 0.717) is 0 Å². The maximum Gasteiger partial charge on any atom is 0.426 e. The number of aryl methyl sites for hydroxylation is 2. The summed E-state index contributed by atoms with van der Waals surface area (Å²) in [5.41, 5.74) is 7.20. The van der Waals surface area contributed by atoms with Crippen molar-refractivity contribution < 1.29 is 17.9 Å². The molecule has 0 bridgehead atoms. The molecule has 0 radical (unpaired) electrons. The first-order valence-corrected chi connectivity index (χ1v) is 5.81. The van der Waals surface area contributed by atoms with Gasteiger partial charge >= 0.3 is 6.18 Å². The fourth-order valence-electron chi connectivity index (χ4n) is 1.76. The first kappa shape index (κ1) is 14.8. The Morgan fingerprint density at radius 2 is 1.67 bits per heavy atom. The maximum absolute atomic E-state index is 12.8. The van der Waals surface area contributed by atoms with E-state index in [1.807, 2.05) is 19.9 Å². The van der Waals surface area contributed by atoms with Crippen molar-refractivity contribution in [3.8, 4) is 5.75 Å². The Balaban J connectivity index is 2.96. The zero-order chi connectivity index (χ0) is 13.9. The molecule has 5 heteroatoms. The summed E-state index contributed by atoms with van der Waals surface area (Å²) in [4.78, 5) is 0. The largest absolute Gasteiger partial charge is 0.479 e. The summed E-state index contributed by atoms with van der Waals surface area (Å²) < 4.78 is 43.6. The number of benzene rings is 1. The van der Waals surface area contributed by atoms with Crippen LogP contribution in [0.2, 0.25) is 0 Å². The van der Waals surface area contributed by atoms with Gasteiger partial charge in [-0.3, -0.25) is 0 Å². The van der Waals surface area contributed by atoms with Crippen LogP contribution in [0.15, 0.2) is 18.2 Å². The SMILES string of the molecule is CCC(N)C(Oc1cc(C)cc(C)c1)C(F)(F)F. The van der Waals surface area contributed by atoms with Crippen LogP contribution in [0.3, 0.4) is 0 Å². The van der Waals surface area contributed by atoms with Crippen LogP contribution >= 0.6 is 0 Å². The minimum Gasteiger partial charge on any atom is -0.479 e. The molecule has 1 aromatic rings. The molecule has 0 aliphatic rings. The molecule has 0 aromatic heterocycles. The highest BCUT2D eigenvalue weighted by Crippen LogP contribution is 2.28. The van der Waals surface area contributed by atoms with Gasteiger partial charge in [-0.05, 0) is 43.5 Å². The quantitative estimate of drug-likeness (QED) is 0.902. The molecule has 0 heterocycles. The summed E-state index contributed by atoms with van der Waals surface area (Å²) in [6.45, 7) is 5.22. The molecule has 0 saturated heterocycles. The van der Waals surface area contributed by atoms with Crippen molar-refractivity contribution in [2.75, 3.05) is 0 Å². The average Bonchev–Trinajstić information content (AvgIpc) is 2.22. The molecule has 0 aliphatic heterocycles. The third-order valence-corrected chi connectivity index (χ3v) is 2.64. The van der Waals surface area contributed by atoms with Gasteiger partial charge in [-0.25, -0.2) is 0 Å². The standard InChI is InChI=1S/C13H18F3NO/c1-4-11(17)12(13(14,15)16)18-10-6-8(2)5-9(3)7-10/h5-7,11-12H,4,17H2,1-3H3. The zero-order valence-electron chi connectivity index (χ0n) is 10.7. The summed E-state index contributed by atoms with van der Waals surface area (Å²) in [6, 6.07) is 3.96. The van der Waals surface area contributed by atoms with Crippen molar-refractivity contribution in [2.45, 2.75) is 45.5 Å². The monoisotopic (exact) mass is 261 g/mol. The smallest absolute Gasteiger partial charge is 0.426 e. The second kappa shape index (κ2) is 5.61. The Morgan fingerprint density at radius 1 is 1.17 bits per heavy atom. The normalized spacial score (nSPS) is 15.3. The lowest BCUT2D eigenvalue weighted by molar-refractivity contribution is -0.200. The molecule has 0 saturated carbocycles. The van der Waals surface area contributed by atoms with Crippen molar-refractivity contribution >= 4 is 0 Å². The maximum atomic E-state index is 12.8. The molecule has 102 valence electrons.